The average Bonchev–Trinajstić information content (AvgIpc) is 2.41. The predicted octanol–water partition coefficient (Wildman–Crippen LogP) is 3.87. The third kappa shape index (κ3) is 3.85. The highest BCUT2D eigenvalue weighted by molar-refractivity contribution is 5.88. The van der Waals surface area contributed by atoms with Crippen molar-refractivity contribution in [1.82, 2.24) is 0 Å². The van der Waals surface area contributed by atoms with Crippen molar-refractivity contribution in [3.63, 3.8) is 0 Å². The number of nitrogens with one attached hydrogen (secondary N) is 2. The van der Waals surface area contributed by atoms with Crippen LogP contribution in [0.25, 0.3) is 0 Å². The number of carbonyl (C=O) groups is 1. The van der Waals surface area contributed by atoms with Gasteiger partial charge in [-0.3, -0.25) is 4.79 Å². The number of anilines is 2. The first-order valence-electron chi connectivity index (χ1n) is 6.72. The highest BCUT2D eigenvalue weighted by atomic mass is 16.1. The Morgan fingerprint density at radius 3 is 2.20 bits per heavy atom. The number of carbonyl (C=O) groups excluding carboxylic acids is 1. The minimum absolute atomic E-state index is 0.0548. The first kappa shape index (κ1) is 14.1. The van der Waals surface area contributed by atoms with Crippen LogP contribution in [0.1, 0.15) is 23.6 Å². The molecule has 2 aromatic rings. The van der Waals surface area contributed by atoms with Crippen LogP contribution in [0.3, 0.4) is 0 Å². The van der Waals surface area contributed by atoms with Crippen molar-refractivity contribution in [3.8, 4) is 0 Å². The number of aryl methyl sites for hydroxylation is 2. The van der Waals surface area contributed by atoms with Crippen molar-refractivity contribution < 1.29 is 4.79 Å². The predicted molar refractivity (Wildman–Crippen MR) is 84.0 cm³/mol. The molecule has 0 fully saturated rings. The topological polar surface area (TPSA) is 41.1 Å². The van der Waals surface area contributed by atoms with Crippen molar-refractivity contribution in [3.05, 3.63) is 59.2 Å². The molecule has 1 amide bonds. The summed E-state index contributed by atoms with van der Waals surface area (Å²) < 4.78 is 0. The van der Waals surface area contributed by atoms with Gasteiger partial charge in [-0.2, -0.15) is 0 Å². The van der Waals surface area contributed by atoms with Crippen LogP contribution in [0.4, 0.5) is 11.4 Å². The van der Waals surface area contributed by atoms with Crippen LogP contribution in [0.15, 0.2) is 42.5 Å². The zero-order valence-corrected chi connectivity index (χ0v) is 12.2. The molecule has 0 spiro atoms. The normalized spacial score (nSPS) is 10.2. The fourth-order valence-electron chi connectivity index (χ4n) is 1.99. The maximum atomic E-state index is 10.9. The number of rotatable bonds is 4. The minimum atomic E-state index is -0.0548. The Morgan fingerprint density at radius 1 is 0.950 bits per heavy atom. The van der Waals surface area contributed by atoms with Gasteiger partial charge in [0, 0.05) is 24.8 Å². The Morgan fingerprint density at radius 2 is 1.60 bits per heavy atom. The molecular weight excluding hydrogens is 248 g/mol. The van der Waals surface area contributed by atoms with E-state index in [0.717, 1.165) is 17.9 Å². The van der Waals surface area contributed by atoms with Gasteiger partial charge in [-0.1, -0.05) is 18.2 Å². The van der Waals surface area contributed by atoms with Crippen LogP contribution < -0.4 is 10.6 Å². The van der Waals surface area contributed by atoms with E-state index in [1.54, 1.807) is 0 Å². The lowest BCUT2D eigenvalue weighted by atomic mass is 10.1. The molecule has 0 radical (unpaired) electrons. The molecule has 3 heteroatoms. The van der Waals surface area contributed by atoms with Gasteiger partial charge in [-0.25, -0.2) is 0 Å². The van der Waals surface area contributed by atoms with Crippen LogP contribution in [0.5, 0.6) is 0 Å². The quantitative estimate of drug-likeness (QED) is 0.883. The molecule has 3 nitrogen and oxygen atoms in total. The molecule has 104 valence electrons. The second-order valence-electron chi connectivity index (χ2n) is 5.03. The van der Waals surface area contributed by atoms with Crippen LogP contribution in [0.2, 0.25) is 0 Å². The third-order valence-corrected chi connectivity index (χ3v) is 3.27. The van der Waals surface area contributed by atoms with E-state index in [4.69, 9.17) is 0 Å². The summed E-state index contributed by atoms with van der Waals surface area (Å²) in [5, 5.41) is 6.13. The molecule has 0 saturated heterocycles. The van der Waals surface area contributed by atoms with Gasteiger partial charge in [0.25, 0.3) is 0 Å². The summed E-state index contributed by atoms with van der Waals surface area (Å²) >= 11 is 0. The fraction of sp³-hybridized carbons (Fsp3) is 0.235. The molecule has 0 aliphatic heterocycles. The molecule has 0 heterocycles. The fourth-order valence-corrected chi connectivity index (χ4v) is 1.99. The van der Waals surface area contributed by atoms with Gasteiger partial charge in [0.15, 0.2) is 0 Å². The SMILES string of the molecule is CC(=O)Nc1ccc(NCc2ccc(C)c(C)c2)cc1. The van der Waals surface area contributed by atoms with Crippen molar-refractivity contribution in [2.45, 2.75) is 27.3 Å². The Labute approximate surface area is 120 Å². The number of benzene rings is 2. The number of hydrogen-bond donors (Lipinski definition) is 2. The molecule has 0 aliphatic rings. The summed E-state index contributed by atoms with van der Waals surface area (Å²) in [6, 6.07) is 14.2. The molecule has 0 bridgehead atoms. The Kier molecular flexibility index (Phi) is 4.41. The zero-order chi connectivity index (χ0) is 14.5. The van der Waals surface area contributed by atoms with Gasteiger partial charge >= 0.3 is 0 Å². The van der Waals surface area contributed by atoms with E-state index in [9.17, 15) is 4.79 Å². The second kappa shape index (κ2) is 6.24. The lowest BCUT2D eigenvalue weighted by Gasteiger charge is -2.09. The number of amides is 1. The summed E-state index contributed by atoms with van der Waals surface area (Å²) in [4.78, 5) is 10.9. The van der Waals surface area contributed by atoms with E-state index in [0.29, 0.717) is 0 Å². The third-order valence-electron chi connectivity index (χ3n) is 3.27. The van der Waals surface area contributed by atoms with Crippen LogP contribution in [-0.2, 0) is 11.3 Å². The summed E-state index contributed by atoms with van der Waals surface area (Å²) in [7, 11) is 0. The summed E-state index contributed by atoms with van der Waals surface area (Å²) in [6.45, 7) is 6.54. The van der Waals surface area contributed by atoms with E-state index in [-0.39, 0.29) is 5.91 Å². The van der Waals surface area contributed by atoms with E-state index in [1.165, 1.54) is 23.6 Å². The van der Waals surface area contributed by atoms with Gasteiger partial charge in [0.05, 0.1) is 0 Å². The monoisotopic (exact) mass is 268 g/mol. The minimum Gasteiger partial charge on any atom is -0.381 e. The second-order valence-corrected chi connectivity index (χ2v) is 5.03. The molecule has 0 aromatic heterocycles. The Bertz CT molecular complexity index is 603. The largest absolute Gasteiger partial charge is 0.381 e. The van der Waals surface area contributed by atoms with E-state index in [1.807, 2.05) is 24.3 Å². The Balaban J connectivity index is 1.96. The van der Waals surface area contributed by atoms with Crippen LogP contribution >= 0.6 is 0 Å². The van der Waals surface area contributed by atoms with Crippen LogP contribution in [0, 0.1) is 13.8 Å². The lowest BCUT2D eigenvalue weighted by Crippen LogP contribution is -2.05. The molecule has 2 N–H and O–H groups in total. The first-order valence-corrected chi connectivity index (χ1v) is 6.72. The summed E-state index contributed by atoms with van der Waals surface area (Å²) in [5.74, 6) is -0.0548. The van der Waals surface area contributed by atoms with E-state index >= 15 is 0 Å². The maximum absolute atomic E-state index is 10.9. The molecular formula is C17H20N2O. The van der Waals surface area contributed by atoms with Crippen molar-refractivity contribution in [2.24, 2.45) is 0 Å². The number of hydrogen-bond acceptors (Lipinski definition) is 2. The van der Waals surface area contributed by atoms with E-state index < -0.39 is 0 Å². The van der Waals surface area contributed by atoms with Crippen molar-refractivity contribution in [2.75, 3.05) is 10.6 Å². The summed E-state index contributed by atoms with van der Waals surface area (Å²) in [5.41, 5.74) is 5.74. The molecule has 20 heavy (non-hydrogen) atoms. The maximum Gasteiger partial charge on any atom is 0.221 e. The standard InChI is InChI=1S/C17H20N2O/c1-12-4-5-15(10-13(12)2)11-18-16-6-8-17(9-7-16)19-14(3)20/h4-10,18H,11H2,1-3H3,(H,19,20). The van der Waals surface area contributed by atoms with E-state index in [2.05, 4.69) is 42.7 Å². The summed E-state index contributed by atoms with van der Waals surface area (Å²) in [6.07, 6.45) is 0. The highest BCUT2D eigenvalue weighted by Gasteiger charge is 1.98. The molecule has 2 rings (SSSR count). The Hall–Kier alpha value is -2.29. The zero-order valence-electron chi connectivity index (χ0n) is 12.2. The van der Waals surface area contributed by atoms with Crippen molar-refractivity contribution >= 4 is 17.3 Å². The molecule has 0 unspecified atom stereocenters. The van der Waals surface area contributed by atoms with Gasteiger partial charge in [-0.15, -0.1) is 0 Å². The van der Waals surface area contributed by atoms with Gasteiger partial charge in [-0.05, 0) is 54.8 Å². The molecule has 0 saturated carbocycles. The van der Waals surface area contributed by atoms with Crippen molar-refractivity contribution in [1.29, 1.82) is 0 Å². The molecule has 2 aromatic carbocycles. The molecule has 0 aliphatic carbocycles. The van der Waals surface area contributed by atoms with Gasteiger partial charge in [0.1, 0.15) is 0 Å². The first-order chi connectivity index (χ1) is 9.54. The van der Waals surface area contributed by atoms with Crippen LogP contribution in [-0.4, -0.2) is 5.91 Å². The van der Waals surface area contributed by atoms with Gasteiger partial charge in [0.2, 0.25) is 5.91 Å². The lowest BCUT2D eigenvalue weighted by molar-refractivity contribution is -0.114. The smallest absolute Gasteiger partial charge is 0.221 e. The van der Waals surface area contributed by atoms with Gasteiger partial charge < -0.3 is 10.6 Å². The highest BCUT2D eigenvalue weighted by Crippen LogP contribution is 2.15. The molecule has 0 atom stereocenters. The average molecular weight is 268 g/mol.